The second kappa shape index (κ2) is 8.94. The number of ether oxygens (including phenoxy) is 1. The van der Waals surface area contributed by atoms with Gasteiger partial charge < -0.3 is 14.1 Å². The lowest BCUT2D eigenvalue weighted by molar-refractivity contribution is -0.134. The van der Waals surface area contributed by atoms with Crippen LogP contribution in [0, 0.1) is 0 Å². The molecule has 0 spiro atoms. The Kier molecular flexibility index (Phi) is 5.87. The van der Waals surface area contributed by atoms with E-state index in [1.807, 2.05) is 24.3 Å². The van der Waals surface area contributed by atoms with Gasteiger partial charge in [-0.2, -0.15) is 0 Å². The van der Waals surface area contributed by atoms with Crippen LogP contribution in [0.3, 0.4) is 0 Å². The Labute approximate surface area is 187 Å². The molecule has 32 heavy (non-hydrogen) atoms. The van der Waals surface area contributed by atoms with Crippen molar-refractivity contribution in [2.75, 3.05) is 20.2 Å². The zero-order chi connectivity index (χ0) is 22.1. The van der Waals surface area contributed by atoms with Crippen molar-refractivity contribution in [2.45, 2.75) is 56.9 Å². The van der Waals surface area contributed by atoms with E-state index in [1.54, 1.807) is 6.26 Å². The van der Waals surface area contributed by atoms with Gasteiger partial charge in [0.05, 0.1) is 12.2 Å². The molecule has 1 saturated heterocycles. The molecular weight excluding hydrogens is 404 g/mol. The van der Waals surface area contributed by atoms with Crippen molar-refractivity contribution in [3.05, 3.63) is 42.2 Å². The summed E-state index contributed by atoms with van der Waals surface area (Å²) in [6, 6.07) is 10.7. The maximum absolute atomic E-state index is 12.4. The van der Waals surface area contributed by atoms with Crippen LogP contribution in [-0.4, -0.2) is 43.0 Å². The van der Waals surface area contributed by atoms with E-state index in [1.165, 1.54) is 32.1 Å². The third-order valence-electron chi connectivity index (χ3n) is 7.08. The Balaban J connectivity index is 1.34. The third kappa shape index (κ3) is 4.11. The topological polar surface area (TPSA) is 71.8 Å². The molecule has 6 nitrogen and oxygen atoms in total. The molecule has 1 atom stereocenters. The van der Waals surface area contributed by atoms with Gasteiger partial charge in [0.2, 0.25) is 11.8 Å². The molecule has 1 aromatic heterocycles. The number of carbonyl (C=O) groups excluding carboxylic acids is 2. The Bertz CT molecular complexity index is 1150. The lowest BCUT2D eigenvalue weighted by Gasteiger charge is -2.31. The summed E-state index contributed by atoms with van der Waals surface area (Å²) >= 11 is 0. The van der Waals surface area contributed by atoms with Gasteiger partial charge in [-0.05, 0) is 61.3 Å². The van der Waals surface area contributed by atoms with E-state index in [2.05, 4.69) is 23.3 Å². The van der Waals surface area contributed by atoms with E-state index in [0.29, 0.717) is 25.5 Å². The molecule has 1 N–H and O–H groups in total. The molecule has 3 aromatic rings. The number of imide groups is 1. The molecule has 0 radical (unpaired) electrons. The number of carbonyl (C=O) groups is 2. The molecule has 2 heterocycles. The molecule has 1 aliphatic carbocycles. The zero-order valence-corrected chi connectivity index (χ0v) is 18.6. The summed E-state index contributed by atoms with van der Waals surface area (Å²) in [4.78, 5) is 26.4. The maximum atomic E-state index is 12.4. The fourth-order valence-electron chi connectivity index (χ4n) is 5.22. The number of fused-ring (bicyclic) bond motifs is 3. The van der Waals surface area contributed by atoms with Crippen LogP contribution in [0.1, 0.15) is 56.4 Å². The molecule has 2 fully saturated rings. The van der Waals surface area contributed by atoms with Gasteiger partial charge in [-0.1, -0.05) is 25.3 Å². The highest BCUT2D eigenvalue weighted by atomic mass is 16.5. The largest absolute Gasteiger partial charge is 0.492 e. The second-order valence-electron chi connectivity index (χ2n) is 9.14. The minimum Gasteiger partial charge on any atom is -0.492 e. The fourth-order valence-corrected chi connectivity index (χ4v) is 5.22. The van der Waals surface area contributed by atoms with E-state index >= 15 is 0 Å². The minimum atomic E-state index is -0.370. The highest BCUT2D eigenvalue weighted by Crippen LogP contribution is 2.37. The van der Waals surface area contributed by atoms with Crippen molar-refractivity contribution in [1.29, 1.82) is 0 Å². The van der Waals surface area contributed by atoms with Gasteiger partial charge in [0.15, 0.2) is 0 Å². The van der Waals surface area contributed by atoms with Crippen LogP contribution >= 0.6 is 0 Å². The number of rotatable bonds is 6. The monoisotopic (exact) mass is 434 g/mol. The van der Waals surface area contributed by atoms with Crippen molar-refractivity contribution < 1.29 is 18.7 Å². The Morgan fingerprint density at radius 1 is 1.09 bits per heavy atom. The number of nitrogens with one attached hydrogen (secondary N) is 1. The van der Waals surface area contributed by atoms with Gasteiger partial charge in [-0.15, -0.1) is 0 Å². The predicted molar refractivity (Wildman–Crippen MR) is 124 cm³/mol. The molecule has 2 aliphatic rings. The number of hydrogen-bond donors (Lipinski definition) is 1. The third-order valence-corrected chi connectivity index (χ3v) is 7.08. The number of benzene rings is 2. The Morgan fingerprint density at radius 2 is 1.94 bits per heavy atom. The van der Waals surface area contributed by atoms with E-state index in [-0.39, 0.29) is 17.7 Å². The Morgan fingerprint density at radius 3 is 2.75 bits per heavy atom. The van der Waals surface area contributed by atoms with Crippen LogP contribution in [-0.2, 0) is 9.59 Å². The highest BCUT2D eigenvalue weighted by Gasteiger charge is 2.31. The van der Waals surface area contributed by atoms with Crippen LogP contribution in [0.5, 0.6) is 5.75 Å². The molecule has 0 bridgehead atoms. The van der Waals surface area contributed by atoms with E-state index in [0.717, 1.165) is 39.6 Å². The SMILES string of the molecule is CN(CCOc1ccc2c(ccc3occ([C@H]4CCC(=O)NC4=O)c32)c1)C1CCCCC1. The van der Waals surface area contributed by atoms with Crippen molar-refractivity contribution >= 4 is 33.6 Å². The first-order valence-electron chi connectivity index (χ1n) is 11.7. The van der Waals surface area contributed by atoms with E-state index < -0.39 is 0 Å². The van der Waals surface area contributed by atoms with Gasteiger partial charge in [-0.3, -0.25) is 14.9 Å². The molecule has 0 unspecified atom stereocenters. The summed E-state index contributed by atoms with van der Waals surface area (Å²) < 4.78 is 11.8. The molecule has 168 valence electrons. The highest BCUT2D eigenvalue weighted by molar-refractivity contribution is 6.10. The first-order valence-corrected chi connectivity index (χ1v) is 11.7. The molecule has 2 amide bonds. The first-order chi connectivity index (χ1) is 15.6. The smallest absolute Gasteiger partial charge is 0.234 e. The van der Waals surface area contributed by atoms with Crippen molar-refractivity contribution in [1.82, 2.24) is 10.2 Å². The summed E-state index contributed by atoms with van der Waals surface area (Å²) in [5.74, 6) is 0.0218. The van der Waals surface area contributed by atoms with Gasteiger partial charge >= 0.3 is 0 Å². The van der Waals surface area contributed by atoms with Crippen LogP contribution in [0.2, 0.25) is 0 Å². The van der Waals surface area contributed by atoms with Gasteiger partial charge in [-0.25, -0.2) is 0 Å². The van der Waals surface area contributed by atoms with Crippen molar-refractivity contribution in [2.24, 2.45) is 0 Å². The van der Waals surface area contributed by atoms with Crippen LogP contribution < -0.4 is 10.1 Å². The van der Waals surface area contributed by atoms with Crippen LogP contribution in [0.25, 0.3) is 21.7 Å². The normalized spacial score (nSPS) is 20.2. The quantitative estimate of drug-likeness (QED) is 0.567. The lowest BCUT2D eigenvalue weighted by Crippen LogP contribution is -2.39. The van der Waals surface area contributed by atoms with E-state index in [9.17, 15) is 9.59 Å². The number of furan rings is 1. The molecule has 5 rings (SSSR count). The minimum absolute atomic E-state index is 0.208. The number of nitrogens with zero attached hydrogens (tertiary/aromatic N) is 1. The summed E-state index contributed by atoms with van der Waals surface area (Å²) in [6.45, 7) is 1.58. The van der Waals surface area contributed by atoms with E-state index in [4.69, 9.17) is 9.15 Å². The van der Waals surface area contributed by atoms with Crippen molar-refractivity contribution in [3.8, 4) is 5.75 Å². The average molecular weight is 435 g/mol. The zero-order valence-electron chi connectivity index (χ0n) is 18.6. The average Bonchev–Trinajstić information content (AvgIpc) is 3.24. The lowest BCUT2D eigenvalue weighted by atomic mass is 9.89. The molecule has 1 aliphatic heterocycles. The second-order valence-corrected chi connectivity index (χ2v) is 9.14. The number of piperidine rings is 1. The molecule has 1 saturated carbocycles. The maximum Gasteiger partial charge on any atom is 0.234 e. The predicted octanol–water partition coefficient (Wildman–Crippen LogP) is 4.75. The van der Waals surface area contributed by atoms with Crippen molar-refractivity contribution in [3.63, 3.8) is 0 Å². The number of hydrogen-bond acceptors (Lipinski definition) is 5. The summed E-state index contributed by atoms with van der Waals surface area (Å²) in [5.41, 5.74) is 1.60. The molecule has 2 aromatic carbocycles. The number of amides is 2. The Hall–Kier alpha value is -2.86. The van der Waals surface area contributed by atoms with Crippen LogP contribution in [0.15, 0.2) is 41.0 Å². The summed E-state index contributed by atoms with van der Waals surface area (Å²) in [7, 11) is 2.20. The summed E-state index contributed by atoms with van der Waals surface area (Å²) in [6.07, 6.45) is 9.15. The van der Waals surface area contributed by atoms with Gasteiger partial charge in [0, 0.05) is 30.0 Å². The van der Waals surface area contributed by atoms with Gasteiger partial charge in [0.25, 0.3) is 0 Å². The molecule has 6 heteroatoms. The summed E-state index contributed by atoms with van der Waals surface area (Å²) in [5, 5.41) is 5.47. The van der Waals surface area contributed by atoms with Gasteiger partial charge in [0.1, 0.15) is 17.9 Å². The standard InChI is InChI=1S/C26H30N2O4/c1-28(18-5-3-2-4-6-18)13-14-31-19-8-9-20-17(15-19)7-11-23-25(20)22(16-32-23)21-10-12-24(29)27-26(21)30/h7-9,11,15-16,18,21H,2-6,10,12-14H2,1H3,(H,27,29,30)/t21-/m1/s1. The molecular formula is C26H30N2O4. The van der Waals surface area contributed by atoms with Crippen LogP contribution in [0.4, 0.5) is 0 Å². The fraction of sp³-hybridized carbons (Fsp3) is 0.462. The first kappa shape index (κ1) is 21.0. The number of likely N-dealkylation sites (N-methyl/N-ethyl adjacent to an activating group) is 1.